The minimum absolute atomic E-state index is 0.00855. The van der Waals surface area contributed by atoms with E-state index in [4.69, 9.17) is 11.6 Å². The number of fused-ring (bicyclic) bond motifs is 1. The van der Waals surface area contributed by atoms with Crippen molar-refractivity contribution in [1.82, 2.24) is 0 Å². The predicted octanol–water partition coefficient (Wildman–Crippen LogP) is 3.05. The van der Waals surface area contributed by atoms with Crippen LogP contribution in [0.4, 0.5) is 15.8 Å². The number of amides is 1. The first-order valence-electron chi connectivity index (χ1n) is 7.13. The number of halogens is 2. The molecule has 0 fully saturated rings. The number of hydrogen-bond donors (Lipinski definition) is 1. The molecule has 3 rings (SSSR count). The lowest BCUT2D eigenvalue weighted by Gasteiger charge is -2.16. The number of benzene rings is 2. The van der Waals surface area contributed by atoms with Gasteiger partial charge in [-0.3, -0.25) is 9.10 Å². The van der Waals surface area contributed by atoms with Crippen molar-refractivity contribution in [2.24, 2.45) is 0 Å². The van der Waals surface area contributed by atoms with Crippen molar-refractivity contribution in [2.45, 2.75) is 6.42 Å². The molecule has 8 heteroatoms. The van der Waals surface area contributed by atoms with Gasteiger partial charge >= 0.3 is 0 Å². The van der Waals surface area contributed by atoms with E-state index in [0.717, 1.165) is 11.8 Å². The van der Waals surface area contributed by atoms with Crippen LogP contribution >= 0.6 is 11.6 Å². The van der Waals surface area contributed by atoms with Crippen molar-refractivity contribution in [3.05, 3.63) is 58.4 Å². The smallest absolute Gasteiger partial charge is 0.255 e. The maximum atomic E-state index is 13.9. The molecule has 24 heavy (non-hydrogen) atoms. The third-order valence-electron chi connectivity index (χ3n) is 3.79. The Morgan fingerprint density at radius 3 is 2.75 bits per heavy atom. The van der Waals surface area contributed by atoms with Gasteiger partial charge in [0.25, 0.3) is 5.91 Å². The van der Waals surface area contributed by atoms with E-state index < -0.39 is 21.7 Å². The van der Waals surface area contributed by atoms with Crippen molar-refractivity contribution in [3.8, 4) is 0 Å². The predicted molar refractivity (Wildman–Crippen MR) is 91.7 cm³/mol. The third-order valence-corrected chi connectivity index (χ3v) is 5.27. The first-order chi connectivity index (χ1) is 11.3. The summed E-state index contributed by atoms with van der Waals surface area (Å²) in [7, 11) is -3.34. The fourth-order valence-electron chi connectivity index (χ4n) is 2.65. The number of nitrogens with zero attached hydrogens (tertiary/aromatic N) is 1. The zero-order valence-electron chi connectivity index (χ0n) is 12.7. The summed E-state index contributed by atoms with van der Waals surface area (Å²) in [4.78, 5) is 12.3. The normalized spacial score (nSPS) is 13.7. The fourth-order valence-corrected chi connectivity index (χ4v) is 3.78. The lowest BCUT2D eigenvalue weighted by Crippen LogP contribution is -2.27. The first-order valence-corrected chi connectivity index (χ1v) is 9.36. The molecule has 0 spiro atoms. The summed E-state index contributed by atoms with van der Waals surface area (Å²) < 4.78 is 38.6. The molecule has 0 aliphatic carbocycles. The summed E-state index contributed by atoms with van der Waals surface area (Å²) >= 11 is 5.69. The molecule has 0 aromatic heterocycles. The number of carbonyl (C=O) groups excluding carboxylic acids is 1. The van der Waals surface area contributed by atoms with Crippen LogP contribution in [0.15, 0.2) is 36.4 Å². The summed E-state index contributed by atoms with van der Waals surface area (Å²) in [6.07, 6.45) is 1.67. The summed E-state index contributed by atoms with van der Waals surface area (Å²) in [5.74, 6) is -1.19. The zero-order chi connectivity index (χ0) is 17.5. The summed E-state index contributed by atoms with van der Waals surface area (Å²) in [6, 6.07) is 9.07. The third kappa shape index (κ3) is 3.09. The van der Waals surface area contributed by atoms with E-state index in [1.54, 1.807) is 12.1 Å². The second-order valence-corrected chi connectivity index (χ2v) is 7.80. The average molecular weight is 369 g/mol. The topological polar surface area (TPSA) is 66.5 Å². The molecule has 0 saturated heterocycles. The van der Waals surface area contributed by atoms with Gasteiger partial charge < -0.3 is 5.32 Å². The van der Waals surface area contributed by atoms with Crippen LogP contribution < -0.4 is 9.62 Å². The lowest BCUT2D eigenvalue weighted by molar-refractivity contribution is 0.102. The van der Waals surface area contributed by atoms with Crippen LogP contribution in [0.2, 0.25) is 5.02 Å². The highest BCUT2D eigenvalue weighted by atomic mass is 35.5. The second kappa shape index (κ2) is 6.07. The number of sulfonamides is 1. The van der Waals surface area contributed by atoms with Crippen LogP contribution in [0.5, 0.6) is 0 Å². The zero-order valence-corrected chi connectivity index (χ0v) is 14.3. The molecule has 2 aromatic rings. The van der Waals surface area contributed by atoms with E-state index in [1.807, 2.05) is 0 Å². The minimum atomic E-state index is -3.34. The largest absolute Gasteiger partial charge is 0.319 e. The molecular weight excluding hydrogens is 355 g/mol. The Balaban J connectivity index is 1.87. The summed E-state index contributed by atoms with van der Waals surface area (Å²) in [5, 5.41) is 2.39. The van der Waals surface area contributed by atoms with E-state index >= 15 is 0 Å². The second-order valence-electron chi connectivity index (χ2n) is 5.48. The van der Waals surface area contributed by atoms with Gasteiger partial charge in [0.05, 0.1) is 22.7 Å². The van der Waals surface area contributed by atoms with Crippen LogP contribution in [0.1, 0.15) is 15.9 Å². The molecule has 1 aliphatic rings. The Hall–Kier alpha value is -2.12. The molecule has 1 aliphatic heterocycles. The van der Waals surface area contributed by atoms with Gasteiger partial charge in [-0.2, -0.15) is 0 Å². The molecule has 0 radical (unpaired) electrons. The molecule has 0 atom stereocenters. The van der Waals surface area contributed by atoms with Crippen LogP contribution in [0.3, 0.4) is 0 Å². The van der Waals surface area contributed by atoms with Gasteiger partial charge in [0.1, 0.15) is 0 Å². The maximum absolute atomic E-state index is 13.9. The molecule has 0 unspecified atom stereocenters. The number of nitrogens with one attached hydrogen (secondary N) is 1. The van der Waals surface area contributed by atoms with E-state index in [1.165, 1.54) is 28.6 Å². The standard InChI is InChI=1S/C16H14ClFN2O3S/c1-24(22,23)20-8-7-10-9-11(5-6-14(10)20)16(21)19-13-4-2-3-12(17)15(13)18/h2-6,9H,7-8H2,1H3,(H,19,21). The first kappa shape index (κ1) is 16.7. The van der Waals surface area contributed by atoms with Crippen molar-refractivity contribution >= 4 is 38.9 Å². The van der Waals surface area contributed by atoms with Crippen molar-refractivity contribution in [1.29, 1.82) is 0 Å². The van der Waals surface area contributed by atoms with E-state index in [-0.39, 0.29) is 10.7 Å². The summed E-state index contributed by atoms with van der Waals surface area (Å²) in [5.41, 5.74) is 1.65. The van der Waals surface area contributed by atoms with Crippen LogP contribution in [0, 0.1) is 5.82 Å². The van der Waals surface area contributed by atoms with Gasteiger partial charge in [-0.1, -0.05) is 17.7 Å². The van der Waals surface area contributed by atoms with E-state index in [9.17, 15) is 17.6 Å². The van der Waals surface area contributed by atoms with Crippen molar-refractivity contribution in [3.63, 3.8) is 0 Å². The molecule has 2 aromatic carbocycles. The molecule has 0 saturated carbocycles. The Morgan fingerprint density at radius 1 is 1.29 bits per heavy atom. The number of hydrogen-bond acceptors (Lipinski definition) is 3. The molecule has 1 N–H and O–H groups in total. The molecule has 126 valence electrons. The Labute approximate surface area is 144 Å². The number of rotatable bonds is 3. The van der Waals surface area contributed by atoms with Gasteiger partial charge in [-0.25, -0.2) is 12.8 Å². The van der Waals surface area contributed by atoms with Gasteiger partial charge in [0, 0.05) is 12.1 Å². The molecule has 1 heterocycles. The SMILES string of the molecule is CS(=O)(=O)N1CCc2cc(C(=O)Nc3cccc(Cl)c3F)ccc21. The number of anilines is 2. The molecule has 0 bridgehead atoms. The van der Waals surface area contributed by atoms with Crippen LogP contribution in [-0.2, 0) is 16.4 Å². The van der Waals surface area contributed by atoms with E-state index in [0.29, 0.717) is 24.2 Å². The quantitative estimate of drug-likeness (QED) is 0.905. The highest BCUT2D eigenvalue weighted by molar-refractivity contribution is 7.92. The highest BCUT2D eigenvalue weighted by Gasteiger charge is 2.26. The fraction of sp³-hybridized carbons (Fsp3) is 0.188. The van der Waals surface area contributed by atoms with Gasteiger partial charge in [0.2, 0.25) is 10.0 Å². The van der Waals surface area contributed by atoms with Crippen LogP contribution in [-0.4, -0.2) is 27.1 Å². The molecule has 1 amide bonds. The van der Waals surface area contributed by atoms with Crippen LogP contribution in [0.25, 0.3) is 0 Å². The maximum Gasteiger partial charge on any atom is 0.255 e. The Bertz CT molecular complexity index is 931. The van der Waals surface area contributed by atoms with Gasteiger partial charge in [0.15, 0.2) is 5.82 Å². The Morgan fingerprint density at radius 2 is 2.04 bits per heavy atom. The van der Waals surface area contributed by atoms with Crippen molar-refractivity contribution in [2.75, 3.05) is 22.4 Å². The van der Waals surface area contributed by atoms with Gasteiger partial charge in [-0.05, 0) is 42.3 Å². The van der Waals surface area contributed by atoms with E-state index in [2.05, 4.69) is 5.32 Å². The Kier molecular flexibility index (Phi) is 4.23. The lowest BCUT2D eigenvalue weighted by atomic mass is 10.1. The molecule has 5 nitrogen and oxygen atoms in total. The van der Waals surface area contributed by atoms with Crippen molar-refractivity contribution < 1.29 is 17.6 Å². The number of carbonyl (C=O) groups is 1. The van der Waals surface area contributed by atoms with Gasteiger partial charge in [-0.15, -0.1) is 0 Å². The monoisotopic (exact) mass is 368 g/mol. The average Bonchev–Trinajstić information content (AvgIpc) is 2.95. The molecular formula is C16H14ClFN2O3S. The highest BCUT2D eigenvalue weighted by Crippen LogP contribution is 2.31. The summed E-state index contributed by atoms with van der Waals surface area (Å²) in [6.45, 7) is 0.349. The minimum Gasteiger partial charge on any atom is -0.319 e.